The molecule has 0 radical (unpaired) electrons. The van der Waals surface area contributed by atoms with Crippen molar-refractivity contribution < 1.29 is 9.90 Å². The van der Waals surface area contributed by atoms with Crippen molar-refractivity contribution in [1.82, 2.24) is 14.9 Å². The highest BCUT2D eigenvalue weighted by Gasteiger charge is 2.28. The van der Waals surface area contributed by atoms with Gasteiger partial charge in [0, 0.05) is 35.1 Å². The second-order valence-corrected chi connectivity index (χ2v) is 7.75. The molecule has 1 aliphatic heterocycles. The Kier molecular flexibility index (Phi) is 4.64. The van der Waals surface area contributed by atoms with E-state index in [4.69, 9.17) is 4.98 Å². The van der Waals surface area contributed by atoms with Gasteiger partial charge in [0.2, 0.25) is 0 Å². The Balaban J connectivity index is 1.78. The average molecular weight is 411 g/mol. The second kappa shape index (κ2) is 7.49. The third kappa shape index (κ3) is 3.31. The number of aromatic nitrogens is 2. The summed E-state index contributed by atoms with van der Waals surface area (Å²) in [6.07, 6.45) is 1.85. The molecule has 31 heavy (non-hydrogen) atoms. The third-order valence-electron chi connectivity index (χ3n) is 5.85. The van der Waals surface area contributed by atoms with Crippen molar-refractivity contribution in [2.24, 2.45) is 0 Å². The Morgan fingerprint density at radius 2 is 1.94 bits per heavy atom. The summed E-state index contributed by atoms with van der Waals surface area (Å²) in [5.74, 6) is -0.962. The summed E-state index contributed by atoms with van der Waals surface area (Å²) >= 11 is 0. The number of para-hydroxylation sites is 2. The van der Waals surface area contributed by atoms with Crippen molar-refractivity contribution in [3.8, 4) is 0 Å². The fourth-order valence-electron chi connectivity index (χ4n) is 4.31. The largest absolute Gasteiger partial charge is 0.478 e. The molecule has 154 valence electrons. The number of fused-ring (bicyclic) bond motifs is 3. The number of aromatic amines is 1. The van der Waals surface area contributed by atoms with Gasteiger partial charge in [-0.1, -0.05) is 43.3 Å². The average Bonchev–Trinajstić information content (AvgIpc) is 2.77. The van der Waals surface area contributed by atoms with Crippen LogP contribution in [0.3, 0.4) is 0 Å². The first-order valence-electron chi connectivity index (χ1n) is 10.3. The third-order valence-corrected chi connectivity index (χ3v) is 5.85. The lowest BCUT2D eigenvalue weighted by Crippen LogP contribution is -2.32. The quantitative estimate of drug-likeness (QED) is 0.529. The van der Waals surface area contributed by atoms with Gasteiger partial charge >= 0.3 is 5.97 Å². The Morgan fingerprint density at radius 3 is 2.74 bits per heavy atom. The highest BCUT2D eigenvalue weighted by Crippen LogP contribution is 2.33. The number of H-pyrrole nitrogens is 1. The molecule has 2 aromatic carbocycles. The number of benzene rings is 2. The molecule has 4 aromatic rings. The van der Waals surface area contributed by atoms with Gasteiger partial charge in [-0.25, -0.2) is 9.78 Å². The maximum atomic E-state index is 12.7. The zero-order valence-electron chi connectivity index (χ0n) is 17.1. The van der Waals surface area contributed by atoms with E-state index in [2.05, 4.69) is 9.88 Å². The van der Waals surface area contributed by atoms with Crippen LogP contribution in [0.5, 0.6) is 0 Å². The summed E-state index contributed by atoms with van der Waals surface area (Å²) < 4.78 is 0. The summed E-state index contributed by atoms with van der Waals surface area (Å²) in [5, 5.41) is 11.6. The van der Waals surface area contributed by atoms with Gasteiger partial charge in [-0.15, -0.1) is 0 Å². The van der Waals surface area contributed by atoms with Gasteiger partial charge in [0.25, 0.3) is 5.56 Å². The molecule has 3 heterocycles. The lowest BCUT2D eigenvalue weighted by Gasteiger charge is -2.30. The molecular weight excluding hydrogens is 390 g/mol. The van der Waals surface area contributed by atoms with Gasteiger partial charge < -0.3 is 10.1 Å². The number of nitrogens with one attached hydrogen (secondary N) is 1. The number of likely N-dealkylation sites (N-methyl/N-ethyl adjacent to an activating group) is 1. The molecule has 0 saturated carbocycles. The topological polar surface area (TPSA) is 86.3 Å². The number of nitrogens with zero attached hydrogens (tertiary/aromatic N) is 2. The van der Waals surface area contributed by atoms with Crippen LogP contribution in [-0.2, 0) is 6.54 Å². The number of carboxylic acid groups (broad SMARTS) is 1. The lowest BCUT2D eigenvalue weighted by atomic mass is 9.92. The first-order chi connectivity index (χ1) is 15.0. The number of carboxylic acids is 1. The second-order valence-electron chi connectivity index (χ2n) is 7.75. The molecule has 0 atom stereocenters. The Hall–Kier alpha value is -3.77. The molecule has 5 rings (SSSR count). The fourth-order valence-corrected chi connectivity index (χ4v) is 4.31. The van der Waals surface area contributed by atoms with Gasteiger partial charge in [0.1, 0.15) is 0 Å². The number of rotatable bonds is 3. The zero-order valence-corrected chi connectivity index (χ0v) is 17.1. The van der Waals surface area contributed by atoms with Gasteiger partial charge in [0.15, 0.2) is 0 Å². The summed E-state index contributed by atoms with van der Waals surface area (Å²) in [5.41, 5.74) is 4.27. The Bertz CT molecular complexity index is 1440. The maximum absolute atomic E-state index is 12.7. The van der Waals surface area contributed by atoms with Crippen LogP contribution >= 0.6 is 0 Å². The summed E-state index contributed by atoms with van der Waals surface area (Å²) in [4.78, 5) is 34.9. The predicted octanol–water partition coefficient (Wildman–Crippen LogP) is 4.15. The molecule has 0 bridgehead atoms. The summed E-state index contributed by atoms with van der Waals surface area (Å²) in [7, 11) is 0. The molecule has 0 unspecified atom stereocenters. The molecular formula is C25H21N3O3. The molecule has 0 spiro atoms. The molecule has 2 aromatic heterocycles. The molecule has 0 amide bonds. The smallest absolute Gasteiger partial charge is 0.336 e. The Labute approximate surface area is 178 Å². The zero-order chi connectivity index (χ0) is 21.5. The number of hydrogen-bond acceptors (Lipinski definition) is 4. The van der Waals surface area contributed by atoms with Gasteiger partial charge in [-0.2, -0.15) is 0 Å². The SMILES string of the molecule is CCN1C/C(=C/c2cc3ccccc3[nH]c2=O)c2nc3ccccc3c(C(=O)O)c2C1. The first-order valence-corrected chi connectivity index (χ1v) is 10.3. The van der Waals surface area contributed by atoms with E-state index in [1.807, 2.05) is 61.5 Å². The van der Waals surface area contributed by atoms with Crippen LogP contribution in [0, 0.1) is 0 Å². The minimum Gasteiger partial charge on any atom is -0.478 e. The van der Waals surface area contributed by atoms with Crippen LogP contribution in [0.4, 0.5) is 0 Å². The van der Waals surface area contributed by atoms with Crippen LogP contribution in [0.15, 0.2) is 59.4 Å². The Morgan fingerprint density at radius 1 is 1.16 bits per heavy atom. The lowest BCUT2D eigenvalue weighted by molar-refractivity contribution is 0.0696. The van der Waals surface area contributed by atoms with Crippen LogP contribution < -0.4 is 5.56 Å². The molecule has 0 saturated heterocycles. The van der Waals surface area contributed by atoms with E-state index in [9.17, 15) is 14.7 Å². The highest BCUT2D eigenvalue weighted by atomic mass is 16.4. The van der Waals surface area contributed by atoms with Gasteiger partial charge in [-0.05, 0) is 41.8 Å². The van der Waals surface area contributed by atoms with Crippen molar-refractivity contribution in [2.45, 2.75) is 13.5 Å². The van der Waals surface area contributed by atoms with Crippen molar-refractivity contribution in [3.63, 3.8) is 0 Å². The van der Waals surface area contributed by atoms with Crippen LogP contribution in [-0.4, -0.2) is 39.0 Å². The molecule has 0 aliphatic carbocycles. The number of carbonyl (C=O) groups is 1. The summed E-state index contributed by atoms with van der Waals surface area (Å²) in [6.45, 7) is 3.91. The van der Waals surface area contributed by atoms with Gasteiger partial charge in [0.05, 0.1) is 16.8 Å². The van der Waals surface area contributed by atoms with Crippen molar-refractivity contribution in [3.05, 3.63) is 87.3 Å². The number of hydrogen-bond donors (Lipinski definition) is 2. The fraction of sp³-hybridized carbons (Fsp3) is 0.160. The monoisotopic (exact) mass is 411 g/mol. The minimum absolute atomic E-state index is 0.180. The standard InChI is InChI=1S/C25H21N3O3/c1-2-28-13-17(12-16-11-15-7-3-5-9-20(15)27-24(16)29)23-19(14-28)22(25(30)31)18-8-4-6-10-21(18)26-23/h3-12H,2,13-14H2,1H3,(H,27,29)(H,30,31)/b17-12-. The van der Waals surface area contributed by atoms with E-state index in [1.54, 1.807) is 6.07 Å². The van der Waals surface area contributed by atoms with Crippen LogP contribution in [0.2, 0.25) is 0 Å². The van der Waals surface area contributed by atoms with Crippen molar-refractivity contribution >= 4 is 39.4 Å². The molecule has 6 heteroatoms. The maximum Gasteiger partial charge on any atom is 0.336 e. The van der Waals surface area contributed by atoms with Gasteiger partial charge in [-0.3, -0.25) is 9.69 Å². The number of pyridine rings is 2. The molecule has 1 aliphatic rings. The van der Waals surface area contributed by atoms with E-state index in [0.717, 1.165) is 23.0 Å². The van der Waals surface area contributed by atoms with E-state index < -0.39 is 5.97 Å². The molecule has 6 nitrogen and oxygen atoms in total. The van der Waals surface area contributed by atoms with Crippen molar-refractivity contribution in [1.29, 1.82) is 0 Å². The van der Waals surface area contributed by atoms with E-state index in [-0.39, 0.29) is 11.1 Å². The molecule has 0 fully saturated rings. The first kappa shape index (κ1) is 19.2. The van der Waals surface area contributed by atoms with E-state index in [1.165, 1.54) is 0 Å². The normalized spacial score (nSPS) is 15.5. The van der Waals surface area contributed by atoms with E-state index >= 15 is 0 Å². The predicted molar refractivity (Wildman–Crippen MR) is 122 cm³/mol. The van der Waals surface area contributed by atoms with Crippen LogP contribution in [0.1, 0.15) is 34.1 Å². The van der Waals surface area contributed by atoms with Crippen molar-refractivity contribution in [2.75, 3.05) is 13.1 Å². The number of aromatic carboxylic acids is 1. The van der Waals surface area contributed by atoms with Crippen LogP contribution in [0.25, 0.3) is 33.5 Å². The summed E-state index contributed by atoms with van der Waals surface area (Å²) in [6, 6.07) is 16.8. The van der Waals surface area contributed by atoms with E-state index in [0.29, 0.717) is 40.8 Å². The highest BCUT2D eigenvalue weighted by molar-refractivity contribution is 6.06. The molecule has 2 N–H and O–H groups in total. The minimum atomic E-state index is -0.962.